The molecule has 0 saturated carbocycles. The zero-order chi connectivity index (χ0) is 11.9. The molecular weight excluding hydrogens is 204 g/mol. The van der Waals surface area contributed by atoms with E-state index in [4.69, 9.17) is 9.84 Å². The van der Waals surface area contributed by atoms with E-state index in [0.717, 1.165) is 11.1 Å². The van der Waals surface area contributed by atoms with Crippen molar-refractivity contribution in [2.24, 2.45) is 0 Å². The fraction of sp³-hybridized carbons (Fsp3) is 0.462. The lowest BCUT2D eigenvalue weighted by Crippen LogP contribution is -2.07. The number of hydrogen-bond acceptors (Lipinski definition) is 2. The van der Waals surface area contributed by atoms with E-state index in [1.165, 1.54) is 0 Å². The first-order valence-electron chi connectivity index (χ1n) is 5.42. The molecule has 0 amide bonds. The Kier molecular flexibility index (Phi) is 2.50. The topological polar surface area (TPSA) is 49.8 Å². The van der Waals surface area contributed by atoms with E-state index in [0.29, 0.717) is 0 Å². The molecule has 16 heavy (non-hydrogen) atoms. The summed E-state index contributed by atoms with van der Waals surface area (Å²) < 4.78 is 5.52. The van der Waals surface area contributed by atoms with Crippen molar-refractivity contribution in [2.75, 3.05) is 0 Å². The quantitative estimate of drug-likeness (QED) is 0.797. The Morgan fingerprint density at radius 1 is 1.38 bits per heavy atom. The molecule has 0 aliphatic carbocycles. The van der Waals surface area contributed by atoms with Gasteiger partial charge in [0.15, 0.2) is 0 Å². The fourth-order valence-electron chi connectivity index (χ4n) is 1.84. The Bertz CT molecular complexity index is 406. The molecule has 1 heterocycles. The molecule has 0 aromatic heterocycles. The normalized spacial score (nSPS) is 23.8. The molecule has 1 fully saturated rings. The molecule has 2 rings (SSSR count). The van der Waals surface area contributed by atoms with Gasteiger partial charge in [-0.15, -0.1) is 0 Å². The Morgan fingerprint density at radius 2 is 1.88 bits per heavy atom. The van der Waals surface area contributed by atoms with Gasteiger partial charge in [-0.05, 0) is 31.9 Å². The molecule has 3 nitrogen and oxygen atoms in total. The van der Waals surface area contributed by atoms with Crippen LogP contribution in [-0.2, 0) is 9.53 Å². The summed E-state index contributed by atoms with van der Waals surface area (Å²) in [5.74, 6) is -1.25. The zero-order valence-corrected chi connectivity index (χ0v) is 9.73. The largest absolute Gasteiger partial charge is 0.481 e. The Morgan fingerprint density at radius 3 is 2.25 bits per heavy atom. The maximum Gasteiger partial charge on any atom is 0.310 e. The predicted molar refractivity (Wildman–Crippen MR) is 60.4 cm³/mol. The lowest BCUT2D eigenvalue weighted by atomic mass is 9.97. The van der Waals surface area contributed by atoms with E-state index in [9.17, 15) is 4.79 Å². The van der Waals surface area contributed by atoms with Crippen molar-refractivity contribution in [3.63, 3.8) is 0 Å². The van der Waals surface area contributed by atoms with Gasteiger partial charge in [-0.25, -0.2) is 0 Å². The minimum atomic E-state index is -0.796. The Balaban J connectivity index is 2.14. The van der Waals surface area contributed by atoms with Gasteiger partial charge in [0.1, 0.15) is 6.10 Å². The van der Waals surface area contributed by atoms with Crippen LogP contribution in [0.5, 0.6) is 0 Å². The molecule has 1 aliphatic rings. The number of epoxide rings is 1. The molecule has 0 bridgehead atoms. The minimum absolute atomic E-state index is 0.0695. The molecule has 0 spiro atoms. The fourth-order valence-corrected chi connectivity index (χ4v) is 1.84. The number of carboxylic acid groups (broad SMARTS) is 1. The van der Waals surface area contributed by atoms with E-state index in [1.54, 1.807) is 6.92 Å². The second-order valence-corrected chi connectivity index (χ2v) is 4.83. The molecule has 0 unspecified atom stereocenters. The van der Waals surface area contributed by atoms with E-state index < -0.39 is 11.9 Å². The van der Waals surface area contributed by atoms with Crippen LogP contribution in [-0.4, -0.2) is 16.7 Å². The highest BCUT2D eigenvalue weighted by molar-refractivity contribution is 5.75. The standard InChI is InChI=1S/C13H16O3/c1-8(12(14)15)9-4-6-10(7-5-9)11-13(2,3)16-11/h4-8,11H,1-3H3,(H,14,15)/t8-,11-/m0/s1. The summed E-state index contributed by atoms with van der Waals surface area (Å²) in [6, 6.07) is 7.64. The zero-order valence-electron chi connectivity index (χ0n) is 9.73. The highest BCUT2D eigenvalue weighted by Crippen LogP contribution is 2.48. The first-order chi connectivity index (χ1) is 7.42. The van der Waals surface area contributed by atoms with Crippen molar-refractivity contribution < 1.29 is 14.6 Å². The second-order valence-electron chi connectivity index (χ2n) is 4.83. The van der Waals surface area contributed by atoms with Crippen LogP contribution in [0.15, 0.2) is 24.3 Å². The SMILES string of the molecule is C[C@H](C(=O)O)c1ccc([C@@H]2OC2(C)C)cc1. The third-order valence-electron chi connectivity index (χ3n) is 3.11. The highest BCUT2D eigenvalue weighted by Gasteiger charge is 2.48. The lowest BCUT2D eigenvalue weighted by Gasteiger charge is -2.07. The van der Waals surface area contributed by atoms with Gasteiger partial charge in [-0.1, -0.05) is 24.3 Å². The second kappa shape index (κ2) is 3.59. The molecule has 1 aromatic rings. The van der Waals surface area contributed by atoms with Crippen LogP contribution < -0.4 is 0 Å². The number of carbonyl (C=O) groups is 1. The van der Waals surface area contributed by atoms with Crippen LogP contribution in [0.4, 0.5) is 0 Å². The summed E-state index contributed by atoms with van der Waals surface area (Å²) in [4.78, 5) is 10.8. The van der Waals surface area contributed by atoms with Gasteiger partial charge in [0.2, 0.25) is 0 Å². The summed E-state index contributed by atoms with van der Waals surface area (Å²) in [6.45, 7) is 5.78. The maximum absolute atomic E-state index is 10.8. The lowest BCUT2D eigenvalue weighted by molar-refractivity contribution is -0.138. The van der Waals surface area contributed by atoms with Gasteiger partial charge in [-0.2, -0.15) is 0 Å². The third-order valence-corrected chi connectivity index (χ3v) is 3.11. The van der Waals surface area contributed by atoms with Crippen molar-refractivity contribution in [3.05, 3.63) is 35.4 Å². The van der Waals surface area contributed by atoms with E-state index in [2.05, 4.69) is 0 Å². The molecular formula is C13H16O3. The molecule has 2 atom stereocenters. The van der Waals surface area contributed by atoms with Gasteiger partial charge < -0.3 is 9.84 Å². The molecule has 86 valence electrons. The van der Waals surface area contributed by atoms with Gasteiger partial charge in [-0.3, -0.25) is 4.79 Å². The third kappa shape index (κ3) is 1.95. The molecule has 0 radical (unpaired) electrons. The van der Waals surface area contributed by atoms with Crippen molar-refractivity contribution in [1.82, 2.24) is 0 Å². The summed E-state index contributed by atoms with van der Waals surface area (Å²) in [7, 11) is 0. The first kappa shape index (κ1) is 11.1. The van der Waals surface area contributed by atoms with E-state index in [-0.39, 0.29) is 11.7 Å². The number of aliphatic carboxylic acids is 1. The summed E-state index contributed by atoms with van der Waals surface area (Å²) in [5.41, 5.74) is 1.88. The molecule has 1 aliphatic heterocycles. The predicted octanol–water partition coefficient (Wildman–Crippen LogP) is 2.72. The van der Waals surface area contributed by atoms with Crippen molar-refractivity contribution >= 4 is 5.97 Å². The maximum atomic E-state index is 10.8. The van der Waals surface area contributed by atoms with Gasteiger partial charge in [0, 0.05) is 0 Å². The van der Waals surface area contributed by atoms with Crippen molar-refractivity contribution in [1.29, 1.82) is 0 Å². The van der Waals surface area contributed by atoms with Gasteiger partial charge in [0.05, 0.1) is 11.5 Å². The smallest absolute Gasteiger partial charge is 0.310 e. The first-order valence-corrected chi connectivity index (χ1v) is 5.42. The summed E-state index contributed by atoms with van der Waals surface area (Å²) in [6.07, 6.45) is 0.154. The van der Waals surface area contributed by atoms with Crippen molar-refractivity contribution in [3.8, 4) is 0 Å². The van der Waals surface area contributed by atoms with Gasteiger partial charge >= 0.3 is 5.97 Å². The number of carboxylic acids is 1. The average molecular weight is 220 g/mol. The minimum Gasteiger partial charge on any atom is -0.481 e. The Labute approximate surface area is 95.0 Å². The van der Waals surface area contributed by atoms with Crippen LogP contribution in [0.25, 0.3) is 0 Å². The summed E-state index contributed by atoms with van der Waals surface area (Å²) >= 11 is 0. The van der Waals surface area contributed by atoms with Crippen LogP contribution in [0.1, 0.15) is 43.9 Å². The number of rotatable bonds is 3. The van der Waals surface area contributed by atoms with Crippen LogP contribution >= 0.6 is 0 Å². The van der Waals surface area contributed by atoms with Crippen LogP contribution in [0.2, 0.25) is 0 Å². The van der Waals surface area contributed by atoms with Gasteiger partial charge in [0.25, 0.3) is 0 Å². The summed E-state index contributed by atoms with van der Waals surface area (Å²) in [5, 5.41) is 8.88. The monoisotopic (exact) mass is 220 g/mol. The van der Waals surface area contributed by atoms with Crippen LogP contribution in [0, 0.1) is 0 Å². The molecule has 1 aromatic carbocycles. The van der Waals surface area contributed by atoms with E-state index >= 15 is 0 Å². The molecule has 1 saturated heterocycles. The number of ether oxygens (including phenoxy) is 1. The number of hydrogen-bond donors (Lipinski definition) is 1. The molecule has 3 heteroatoms. The van der Waals surface area contributed by atoms with Crippen molar-refractivity contribution in [2.45, 2.75) is 38.4 Å². The average Bonchev–Trinajstić information content (AvgIpc) is 2.87. The Hall–Kier alpha value is -1.35. The van der Waals surface area contributed by atoms with E-state index in [1.807, 2.05) is 38.1 Å². The van der Waals surface area contributed by atoms with Crippen LogP contribution in [0.3, 0.4) is 0 Å². The number of benzene rings is 1. The highest BCUT2D eigenvalue weighted by atomic mass is 16.6. The molecule has 1 N–H and O–H groups in total.